The Kier molecular flexibility index (Phi) is 1.15. The molecule has 0 atom stereocenters. The summed E-state index contributed by atoms with van der Waals surface area (Å²) in [5, 5.41) is 0. The van der Waals surface area contributed by atoms with Crippen LogP contribution in [0.25, 0.3) is 0 Å². The summed E-state index contributed by atoms with van der Waals surface area (Å²) in [4.78, 5) is 10.2. The second kappa shape index (κ2) is 1.65. The normalized spacial score (nSPS) is 22.3. The van der Waals surface area contributed by atoms with Crippen LogP contribution in [-0.2, 0) is 4.79 Å². The van der Waals surface area contributed by atoms with Gasteiger partial charge in [-0.3, -0.25) is 4.79 Å². The molecule has 0 bridgehead atoms. The van der Waals surface area contributed by atoms with Gasteiger partial charge in [0, 0.05) is 12.2 Å². The van der Waals surface area contributed by atoms with E-state index in [0.717, 1.165) is 5.75 Å². The highest BCUT2D eigenvalue weighted by atomic mass is 32.2. The van der Waals surface area contributed by atoms with Gasteiger partial charge in [-0.25, -0.2) is 0 Å². The fraction of sp³-hybridized carbons (Fsp3) is 0.500. The summed E-state index contributed by atoms with van der Waals surface area (Å²) in [6, 6.07) is 0. The molecule has 0 aromatic rings. The quantitative estimate of drug-likeness (QED) is 0.442. The largest absolute Gasteiger partial charge is 0.298 e. The molecule has 0 aromatic carbocycles. The molecule has 0 unspecified atom stereocenters. The van der Waals surface area contributed by atoms with Gasteiger partial charge in [0.15, 0.2) is 0 Å². The smallest absolute Gasteiger partial charge is 0.147 e. The molecule has 1 fully saturated rings. The molecular formula is C4H5OS. The highest BCUT2D eigenvalue weighted by Crippen LogP contribution is 2.10. The van der Waals surface area contributed by atoms with Gasteiger partial charge in [0.05, 0.1) is 5.75 Å². The van der Waals surface area contributed by atoms with E-state index in [4.69, 9.17) is 0 Å². The molecule has 0 aromatic heterocycles. The van der Waals surface area contributed by atoms with Crippen molar-refractivity contribution in [1.29, 1.82) is 0 Å². The topological polar surface area (TPSA) is 17.1 Å². The van der Waals surface area contributed by atoms with Crippen LogP contribution in [-0.4, -0.2) is 17.3 Å². The van der Waals surface area contributed by atoms with Gasteiger partial charge in [0.1, 0.15) is 5.78 Å². The minimum atomic E-state index is 0.292. The lowest BCUT2D eigenvalue weighted by molar-refractivity contribution is -0.113. The van der Waals surface area contributed by atoms with E-state index in [-0.39, 0.29) is 0 Å². The van der Waals surface area contributed by atoms with Crippen LogP contribution < -0.4 is 0 Å². The summed E-state index contributed by atoms with van der Waals surface area (Å²) >= 11 is 1.68. The molecule has 1 radical (unpaired) electrons. The minimum absolute atomic E-state index is 0.292. The van der Waals surface area contributed by atoms with E-state index in [1.54, 1.807) is 18.2 Å². The van der Waals surface area contributed by atoms with Gasteiger partial charge in [-0.15, -0.1) is 0 Å². The van der Waals surface area contributed by atoms with E-state index in [1.165, 1.54) is 0 Å². The lowest BCUT2D eigenvalue weighted by atomic mass is 10.4. The summed E-state index contributed by atoms with van der Waals surface area (Å²) in [5.74, 6) is 1.93. The molecule has 33 valence electrons. The lowest BCUT2D eigenvalue weighted by Gasteiger charge is -1.70. The van der Waals surface area contributed by atoms with Crippen LogP contribution in [0.15, 0.2) is 0 Å². The summed E-state index contributed by atoms with van der Waals surface area (Å²) in [6.45, 7) is 0. The van der Waals surface area contributed by atoms with Crippen LogP contribution in [0.5, 0.6) is 0 Å². The maximum absolute atomic E-state index is 10.2. The van der Waals surface area contributed by atoms with E-state index in [9.17, 15) is 4.79 Å². The zero-order valence-corrected chi connectivity index (χ0v) is 4.12. The Morgan fingerprint density at radius 3 is 2.83 bits per heavy atom. The summed E-state index contributed by atoms with van der Waals surface area (Å²) in [7, 11) is 0. The van der Waals surface area contributed by atoms with Gasteiger partial charge < -0.3 is 0 Å². The number of hydrogen-bond acceptors (Lipinski definition) is 2. The van der Waals surface area contributed by atoms with Crippen molar-refractivity contribution >= 4 is 17.5 Å². The van der Waals surface area contributed by atoms with Gasteiger partial charge in [0.25, 0.3) is 0 Å². The zero-order valence-electron chi connectivity index (χ0n) is 3.31. The van der Waals surface area contributed by atoms with Crippen molar-refractivity contribution in [2.45, 2.75) is 0 Å². The maximum atomic E-state index is 10.2. The van der Waals surface area contributed by atoms with Crippen molar-refractivity contribution in [3.63, 3.8) is 0 Å². The highest BCUT2D eigenvalue weighted by Gasteiger charge is 2.08. The van der Waals surface area contributed by atoms with Crippen molar-refractivity contribution in [1.82, 2.24) is 0 Å². The van der Waals surface area contributed by atoms with E-state index >= 15 is 0 Å². The molecule has 0 aliphatic carbocycles. The predicted octanol–water partition coefficient (Wildman–Crippen LogP) is 0.507. The lowest BCUT2D eigenvalue weighted by Crippen LogP contribution is -1.90. The summed E-state index contributed by atoms with van der Waals surface area (Å²) in [5.41, 5.74) is 0. The first-order valence-corrected chi connectivity index (χ1v) is 2.99. The van der Waals surface area contributed by atoms with Crippen molar-refractivity contribution in [2.75, 3.05) is 11.5 Å². The number of rotatable bonds is 0. The molecule has 1 saturated heterocycles. The van der Waals surface area contributed by atoms with Crippen molar-refractivity contribution in [3.8, 4) is 0 Å². The third-order valence-corrected chi connectivity index (χ3v) is 1.56. The molecule has 1 aliphatic heterocycles. The molecule has 1 aliphatic rings. The first kappa shape index (κ1) is 4.19. The van der Waals surface area contributed by atoms with Gasteiger partial charge in [-0.2, -0.15) is 11.8 Å². The maximum Gasteiger partial charge on any atom is 0.147 e. The third kappa shape index (κ3) is 0.744. The Morgan fingerprint density at radius 1 is 1.83 bits per heavy atom. The second-order valence-corrected chi connectivity index (χ2v) is 2.22. The molecule has 0 spiro atoms. The van der Waals surface area contributed by atoms with Crippen LogP contribution in [0.4, 0.5) is 0 Å². The number of carbonyl (C=O) groups is 1. The summed E-state index contributed by atoms with van der Waals surface area (Å²) in [6.07, 6.45) is 1.73. The number of Topliss-reactive ketones (excluding diaryl/α,β-unsaturated/α-hetero) is 1. The molecule has 1 rings (SSSR count). The van der Waals surface area contributed by atoms with Crippen molar-refractivity contribution < 1.29 is 4.79 Å². The molecule has 0 N–H and O–H groups in total. The van der Waals surface area contributed by atoms with Crippen LogP contribution >= 0.6 is 11.8 Å². The fourth-order valence-electron chi connectivity index (χ4n) is 0.370. The molecule has 6 heavy (non-hydrogen) atoms. The highest BCUT2D eigenvalue weighted by molar-refractivity contribution is 8.00. The Balaban J connectivity index is 2.37. The van der Waals surface area contributed by atoms with Crippen LogP contribution in [0.3, 0.4) is 0 Å². The number of thioether (sulfide) groups is 1. The average Bonchev–Trinajstić information content (AvgIpc) is 1.86. The third-order valence-electron chi connectivity index (χ3n) is 0.673. The average molecular weight is 101 g/mol. The van der Waals surface area contributed by atoms with E-state index in [2.05, 4.69) is 0 Å². The zero-order chi connectivity index (χ0) is 4.41. The van der Waals surface area contributed by atoms with Crippen LogP contribution in [0, 0.1) is 6.42 Å². The van der Waals surface area contributed by atoms with Crippen LogP contribution in [0.2, 0.25) is 0 Å². The number of hydrogen-bond donors (Lipinski definition) is 0. The van der Waals surface area contributed by atoms with Gasteiger partial charge in [-0.1, -0.05) is 0 Å². The minimum Gasteiger partial charge on any atom is -0.298 e. The van der Waals surface area contributed by atoms with E-state index in [0.29, 0.717) is 11.5 Å². The molecule has 0 saturated carbocycles. The monoisotopic (exact) mass is 101 g/mol. The van der Waals surface area contributed by atoms with Crippen LogP contribution in [0.1, 0.15) is 0 Å². The first-order valence-electron chi connectivity index (χ1n) is 1.83. The Morgan fingerprint density at radius 2 is 2.67 bits per heavy atom. The number of ketones is 1. The fourth-order valence-corrected chi connectivity index (χ4v) is 1.11. The van der Waals surface area contributed by atoms with E-state index < -0.39 is 0 Å². The van der Waals surface area contributed by atoms with Crippen molar-refractivity contribution in [2.24, 2.45) is 0 Å². The molecule has 0 amide bonds. The van der Waals surface area contributed by atoms with Gasteiger partial charge in [-0.05, 0) is 0 Å². The predicted molar refractivity (Wildman–Crippen MR) is 26.6 cm³/mol. The van der Waals surface area contributed by atoms with Crippen molar-refractivity contribution in [3.05, 3.63) is 6.42 Å². The molecule has 1 heterocycles. The molecular weight excluding hydrogens is 96.1 g/mol. The SMILES string of the molecule is O=C1[CH]CSC1. The first-order chi connectivity index (χ1) is 2.89. The van der Waals surface area contributed by atoms with E-state index in [1.807, 2.05) is 0 Å². The Hall–Kier alpha value is 0.0200. The second-order valence-electron chi connectivity index (χ2n) is 1.19. The van der Waals surface area contributed by atoms with Gasteiger partial charge in [0.2, 0.25) is 0 Å². The molecule has 2 heteroatoms. The van der Waals surface area contributed by atoms with Gasteiger partial charge >= 0.3 is 0 Å². The molecule has 1 nitrogen and oxygen atoms in total. The summed E-state index contributed by atoms with van der Waals surface area (Å²) < 4.78 is 0. The Labute approximate surface area is 41.1 Å². The Bertz CT molecular complexity index is 61.9. The number of carbonyl (C=O) groups excluding carboxylic acids is 1. The standard InChI is InChI=1S/C4H5OS/c5-4-1-2-6-3-4/h1H,2-3H2.